The highest BCUT2D eigenvalue weighted by molar-refractivity contribution is 5.83. The molecule has 0 aliphatic carbocycles. The van der Waals surface area contributed by atoms with Crippen LogP contribution in [0.1, 0.15) is 30.1 Å². The lowest BCUT2D eigenvalue weighted by atomic mass is 9.98. The highest BCUT2D eigenvalue weighted by Gasteiger charge is 2.20. The van der Waals surface area contributed by atoms with Gasteiger partial charge in [-0.2, -0.15) is 0 Å². The predicted octanol–water partition coefficient (Wildman–Crippen LogP) is 3.50. The number of rotatable bonds is 3. The summed E-state index contributed by atoms with van der Waals surface area (Å²) in [6.45, 7) is 2.85. The highest BCUT2D eigenvalue weighted by atomic mass is 16.5. The summed E-state index contributed by atoms with van der Waals surface area (Å²) in [6, 6.07) is 10.5. The van der Waals surface area contributed by atoms with Crippen molar-refractivity contribution in [3.05, 3.63) is 53.4 Å². The third-order valence-corrected chi connectivity index (χ3v) is 3.72. The second-order valence-corrected chi connectivity index (χ2v) is 5.19. The molecule has 3 nitrogen and oxygen atoms in total. The fourth-order valence-electron chi connectivity index (χ4n) is 2.81. The quantitative estimate of drug-likeness (QED) is 0.925. The first-order valence-corrected chi connectivity index (χ1v) is 7.16. The van der Waals surface area contributed by atoms with Gasteiger partial charge in [0.05, 0.1) is 18.2 Å². The largest absolute Gasteiger partial charge is 0.496 e. The molecule has 1 atom stereocenters. The summed E-state index contributed by atoms with van der Waals surface area (Å²) in [7, 11) is 1.98. The van der Waals surface area contributed by atoms with E-state index in [-0.39, 0.29) is 6.04 Å². The van der Waals surface area contributed by atoms with Gasteiger partial charge in [-0.1, -0.05) is 18.2 Å². The summed E-state index contributed by atoms with van der Waals surface area (Å²) in [5, 5.41) is 4.57. The fourth-order valence-corrected chi connectivity index (χ4v) is 2.81. The topological polar surface area (TPSA) is 34.1 Å². The molecule has 2 heterocycles. The van der Waals surface area contributed by atoms with E-state index in [2.05, 4.69) is 40.6 Å². The van der Waals surface area contributed by atoms with Crippen molar-refractivity contribution in [1.29, 1.82) is 0 Å². The van der Waals surface area contributed by atoms with Crippen LogP contribution in [0.4, 0.5) is 0 Å². The maximum Gasteiger partial charge on any atom is 0.113 e. The zero-order chi connectivity index (χ0) is 13.9. The van der Waals surface area contributed by atoms with E-state index in [1.807, 2.05) is 20.0 Å². The normalized spacial score (nSPS) is 16.6. The lowest BCUT2D eigenvalue weighted by Crippen LogP contribution is -2.22. The van der Waals surface area contributed by atoms with Crippen LogP contribution in [0, 0.1) is 6.92 Å². The molecule has 1 unspecified atom stereocenters. The lowest BCUT2D eigenvalue weighted by molar-refractivity contribution is 0.170. The molecule has 0 spiro atoms. The van der Waals surface area contributed by atoms with Crippen LogP contribution in [0.15, 0.2) is 42.2 Å². The maximum absolute atomic E-state index is 5.85. The average molecular weight is 268 g/mol. The number of nitrogens with zero attached hydrogens (tertiary/aromatic N) is 1. The van der Waals surface area contributed by atoms with Gasteiger partial charge in [-0.3, -0.25) is 4.98 Å². The Labute approximate surface area is 119 Å². The molecule has 0 saturated carbocycles. The van der Waals surface area contributed by atoms with Gasteiger partial charge < -0.3 is 10.1 Å². The van der Waals surface area contributed by atoms with Crippen molar-refractivity contribution >= 4 is 10.9 Å². The zero-order valence-electron chi connectivity index (χ0n) is 12.0. The number of hydrogen-bond donors (Lipinski definition) is 1. The highest BCUT2D eigenvalue weighted by Crippen LogP contribution is 2.31. The number of hydrogen-bond acceptors (Lipinski definition) is 3. The SMILES string of the molecule is CNC(C1=CCCCO1)c1cc(C)nc2ccccc12. The molecular weight excluding hydrogens is 248 g/mol. The second kappa shape index (κ2) is 5.63. The number of allylic oxidation sites excluding steroid dienone is 1. The first-order chi connectivity index (χ1) is 9.79. The summed E-state index contributed by atoms with van der Waals surface area (Å²) in [4.78, 5) is 4.61. The molecule has 0 fully saturated rings. The molecule has 1 aliphatic rings. The van der Waals surface area contributed by atoms with Crippen LogP contribution in [0.3, 0.4) is 0 Å². The van der Waals surface area contributed by atoms with Gasteiger partial charge in [0.1, 0.15) is 5.76 Å². The summed E-state index contributed by atoms with van der Waals surface area (Å²) in [6.07, 6.45) is 4.40. The van der Waals surface area contributed by atoms with Crippen molar-refractivity contribution in [2.45, 2.75) is 25.8 Å². The van der Waals surface area contributed by atoms with E-state index >= 15 is 0 Å². The Morgan fingerprint density at radius 1 is 1.30 bits per heavy atom. The minimum absolute atomic E-state index is 0.0990. The Bertz CT molecular complexity index is 648. The predicted molar refractivity (Wildman–Crippen MR) is 81.5 cm³/mol. The van der Waals surface area contributed by atoms with Gasteiger partial charge in [0.25, 0.3) is 0 Å². The number of benzene rings is 1. The fraction of sp³-hybridized carbons (Fsp3) is 0.353. The van der Waals surface area contributed by atoms with Gasteiger partial charge in [-0.05, 0) is 50.6 Å². The Hall–Kier alpha value is -1.87. The third-order valence-electron chi connectivity index (χ3n) is 3.72. The molecule has 0 radical (unpaired) electrons. The molecular formula is C17H20N2O. The van der Waals surface area contributed by atoms with Crippen molar-refractivity contribution in [3.8, 4) is 0 Å². The van der Waals surface area contributed by atoms with E-state index in [9.17, 15) is 0 Å². The summed E-state index contributed by atoms with van der Waals surface area (Å²) in [5.74, 6) is 1.04. The summed E-state index contributed by atoms with van der Waals surface area (Å²) < 4.78 is 5.85. The Morgan fingerprint density at radius 2 is 2.15 bits per heavy atom. The molecule has 3 rings (SSSR count). The number of ether oxygens (including phenoxy) is 1. The number of fused-ring (bicyclic) bond motifs is 1. The van der Waals surface area contributed by atoms with Crippen LogP contribution in [-0.4, -0.2) is 18.6 Å². The zero-order valence-corrected chi connectivity index (χ0v) is 12.0. The van der Waals surface area contributed by atoms with E-state index < -0.39 is 0 Å². The van der Waals surface area contributed by atoms with Gasteiger partial charge in [-0.25, -0.2) is 0 Å². The average Bonchev–Trinajstić information content (AvgIpc) is 2.49. The van der Waals surface area contributed by atoms with E-state index in [0.717, 1.165) is 36.4 Å². The monoisotopic (exact) mass is 268 g/mol. The first kappa shape index (κ1) is 13.1. The minimum Gasteiger partial charge on any atom is -0.496 e. The van der Waals surface area contributed by atoms with E-state index in [1.165, 1.54) is 10.9 Å². The van der Waals surface area contributed by atoms with Crippen LogP contribution < -0.4 is 5.32 Å². The second-order valence-electron chi connectivity index (χ2n) is 5.19. The van der Waals surface area contributed by atoms with Crippen LogP contribution >= 0.6 is 0 Å². The van der Waals surface area contributed by atoms with E-state index in [4.69, 9.17) is 4.74 Å². The molecule has 3 heteroatoms. The smallest absolute Gasteiger partial charge is 0.113 e. The first-order valence-electron chi connectivity index (χ1n) is 7.16. The van der Waals surface area contributed by atoms with Gasteiger partial charge in [-0.15, -0.1) is 0 Å². The number of aryl methyl sites for hydroxylation is 1. The molecule has 2 aromatic rings. The number of para-hydroxylation sites is 1. The molecule has 1 aromatic carbocycles. The van der Waals surface area contributed by atoms with Gasteiger partial charge in [0.2, 0.25) is 0 Å². The molecule has 1 aliphatic heterocycles. The van der Waals surface area contributed by atoms with Crippen molar-refractivity contribution in [3.63, 3.8) is 0 Å². The van der Waals surface area contributed by atoms with Crippen LogP contribution in [0.2, 0.25) is 0 Å². The number of pyridine rings is 1. The minimum atomic E-state index is 0.0990. The molecule has 0 bridgehead atoms. The van der Waals surface area contributed by atoms with Crippen molar-refractivity contribution in [1.82, 2.24) is 10.3 Å². The van der Waals surface area contributed by atoms with E-state index in [1.54, 1.807) is 0 Å². The molecule has 0 amide bonds. The maximum atomic E-state index is 5.85. The molecule has 1 aromatic heterocycles. The van der Waals surface area contributed by atoms with Crippen LogP contribution in [0.5, 0.6) is 0 Å². The van der Waals surface area contributed by atoms with Gasteiger partial charge in [0.15, 0.2) is 0 Å². The van der Waals surface area contributed by atoms with Crippen molar-refractivity contribution in [2.24, 2.45) is 0 Å². The number of aromatic nitrogens is 1. The molecule has 20 heavy (non-hydrogen) atoms. The van der Waals surface area contributed by atoms with Crippen LogP contribution in [0.25, 0.3) is 10.9 Å². The Morgan fingerprint density at radius 3 is 2.90 bits per heavy atom. The summed E-state index contributed by atoms with van der Waals surface area (Å²) in [5.41, 5.74) is 3.32. The summed E-state index contributed by atoms with van der Waals surface area (Å²) >= 11 is 0. The van der Waals surface area contributed by atoms with Crippen molar-refractivity contribution in [2.75, 3.05) is 13.7 Å². The number of likely N-dealkylation sites (N-methyl/N-ethyl adjacent to an activating group) is 1. The Balaban J connectivity index is 2.13. The standard InChI is InChI=1S/C17H20N2O/c1-12-11-14(13-7-3-4-8-15(13)19-12)17(18-2)16-9-5-6-10-20-16/h3-4,7-9,11,17-18H,5-6,10H2,1-2H3. The van der Waals surface area contributed by atoms with Gasteiger partial charge in [0, 0.05) is 11.1 Å². The van der Waals surface area contributed by atoms with Gasteiger partial charge >= 0.3 is 0 Å². The third kappa shape index (κ3) is 2.41. The molecule has 0 saturated heterocycles. The Kier molecular flexibility index (Phi) is 3.70. The van der Waals surface area contributed by atoms with Crippen LogP contribution in [-0.2, 0) is 4.74 Å². The molecule has 1 N–H and O–H groups in total. The molecule has 104 valence electrons. The van der Waals surface area contributed by atoms with Crippen molar-refractivity contribution < 1.29 is 4.74 Å². The van der Waals surface area contributed by atoms with E-state index in [0.29, 0.717) is 0 Å². The number of nitrogens with one attached hydrogen (secondary N) is 1. The lowest BCUT2D eigenvalue weighted by Gasteiger charge is -2.25.